The van der Waals surface area contributed by atoms with Gasteiger partial charge in [0.1, 0.15) is 11.6 Å². The molecule has 2 aromatic heterocycles. The molecule has 2 heterocycles. The summed E-state index contributed by atoms with van der Waals surface area (Å²) in [4.78, 5) is 10.2. The number of hydrogen-bond acceptors (Lipinski definition) is 3. The monoisotopic (exact) mass is 758 g/mol. The zero-order valence-corrected chi connectivity index (χ0v) is 32.2. The van der Waals surface area contributed by atoms with Gasteiger partial charge in [0.2, 0.25) is 0 Å². The number of benzene rings is 7. The van der Waals surface area contributed by atoms with Crippen molar-refractivity contribution in [2.45, 2.75) is 39.4 Å². The number of para-hydroxylation sites is 2. The van der Waals surface area contributed by atoms with Gasteiger partial charge < -0.3 is 5.11 Å². The van der Waals surface area contributed by atoms with E-state index in [9.17, 15) is 5.11 Å². The first-order valence-electron chi connectivity index (χ1n) is 22.8. The van der Waals surface area contributed by atoms with Gasteiger partial charge in [0.15, 0.2) is 0 Å². The summed E-state index contributed by atoms with van der Waals surface area (Å²) in [6.07, 6.45) is 1.82. The molecule has 1 N–H and O–H groups in total. The summed E-state index contributed by atoms with van der Waals surface area (Å²) in [6.45, 7) is -1.84. The molecule has 4 nitrogen and oxygen atoms in total. The molecule has 58 heavy (non-hydrogen) atoms. The van der Waals surface area contributed by atoms with Crippen LogP contribution in [-0.2, 0) is 0 Å². The maximum absolute atomic E-state index is 11.4. The van der Waals surface area contributed by atoms with Gasteiger partial charge in [-0.2, -0.15) is 0 Å². The van der Waals surface area contributed by atoms with Crippen molar-refractivity contribution in [1.29, 1.82) is 0 Å². The molecule has 282 valence electrons. The van der Waals surface area contributed by atoms with Crippen LogP contribution in [0.1, 0.15) is 60.1 Å². The fraction of sp³-hybridized carbons (Fsp3) is 0.111. The summed E-state index contributed by atoms with van der Waals surface area (Å²) in [5.41, 5.74) is 12.3. The molecule has 0 unspecified atom stereocenters. The highest BCUT2D eigenvalue weighted by Gasteiger charge is 2.23. The number of imidazole rings is 1. The molecule has 0 radical (unpaired) electrons. The molecule has 0 atom stereocenters. The molecule has 0 aliphatic carbocycles. The molecule has 0 spiro atoms. The Morgan fingerprint density at radius 1 is 0.534 bits per heavy atom. The highest BCUT2D eigenvalue weighted by atomic mass is 16.3. The van der Waals surface area contributed by atoms with Crippen LogP contribution in [0, 0.1) is 0 Å². The van der Waals surface area contributed by atoms with Gasteiger partial charge in [-0.1, -0.05) is 143 Å². The topological polar surface area (TPSA) is 50.9 Å². The van der Waals surface area contributed by atoms with Crippen LogP contribution in [0.3, 0.4) is 0 Å². The number of hydrogen-bond donors (Lipinski definition) is 1. The van der Waals surface area contributed by atoms with Crippen molar-refractivity contribution in [3.05, 3.63) is 193 Å². The quantitative estimate of drug-likeness (QED) is 0.159. The predicted molar refractivity (Wildman–Crippen MR) is 241 cm³/mol. The number of phenolic OH excluding ortho intramolecular Hbond substituents is 1. The molecule has 0 fully saturated rings. The van der Waals surface area contributed by atoms with Crippen LogP contribution < -0.4 is 0 Å². The van der Waals surface area contributed by atoms with Crippen molar-refractivity contribution in [2.75, 3.05) is 0 Å². The van der Waals surface area contributed by atoms with Gasteiger partial charge in [0.25, 0.3) is 0 Å². The summed E-state index contributed by atoms with van der Waals surface area (Å²) < 4.78 is 60.1. The smallest absolute Gasteiger partial charge is 0.149 e. The van der Waals surface area contributed by atoms with E-state index >= 15 is 0 Å². The summed E-state index contributed by atoms with van der Waals surface area (Å²) in [6, 6.07) is 56.1. The van der Waals surface area contributed by atoms with Crippen molar-refractivity contribution in [2.24, 2.45) is 0 Å². The lowest BCUT2D eigenvalue weighted by molar-refractivity contribution is 0.477. The van der Waals surface area contributed by atoms with Crippen LogP contribution >= 0.6 is 0 Å². The molecule has 9 aromatic rings. The van der Waals surface area contributed by atoms with Gasteiger partial charge in [0.05, 0.1) is 28.0 Å². The number of pyridine rings is 1. The molecule has 0 bridgehead atoms. The Bertz CT molecular complexity index is 3160. The lowest BCUT2D eigenvalue weighted by atomic mass is 9.93. The Balaban J connectivity index is 1.28. The number of phenols is 1. The second-order valence-corrected chi connectivity index (χ2v) is 14.7. The minimum Gasteiger partial charge on any atom is -0.507 e. The standard InChI is InChI=1S/C54H45N3O/c1-35(2)37-22-24-39(25-23-37)42-28-29-55-49(34-42)45-31-43(38-14-7-5-8-15-38)30-44(32-45)46-19-13-20-51-53(46)56-54(47-18-11-12-21-52(47)58)57(51)50-27-26-41(36(3)4)33-48(50)40-16-9-6-10-17-40/h5-36,58H,1-4H3/i3D3,4D3,35D. The SMILES string of the molecule is [2H]C(C)(C)c1ccc(-c2ccnc(-c3cc(-c4ccccc4)cc(-c4cccc5c4nc(-c4ccccc4O)n5-c4ccc(C(C([2H])([2H])[2H])C([2H])([2H])[2H])cc4-c4ccccc4)c3)c2)cc1. The molecule has 0 saturated carbocycles. The molecule has 7 aromatic carbocycles. The van der Waals surface area contributed by atoms with E-state index in [-0.39, 0.29) is 11.3 Å². The van der Waals surface area contributed by atoms with Crippen LogP contribution in [-0.4, -0.2) is 19.6 Å². The Hall–Kier alpha value is -7.04. The third-order valence-electron chi connectivity index (χ3n) is 10.7. The van der Waals surface area contributed by atoms with Gasteiger partial charge in [-0.25, -0.2) is 4.98 Å². The first-order chi connectivity index (χ1) is 31.0. The Kier molecular flexibility index (Phi) is 7.80. The average Bonchev–Trinajstić information content (AvgIpc) is 3.68. The van der Waals surface area contributed by atoms with Crippen LogP contribution in [0.2, 0.25) is 0 Å². The fourth-order valence-electron chi connectivity index (χ4n) is 7.69. The van der Waals surface area contributed by atoms with E-state index in [0.717, 1.165) is 55.8 Å². The number of rotatable bonds is 9. The van der Waals surface area contributed by atoms with Crippen LogP contribution in [0.25, 0.3) is 83.9 Å². The first-order valence-corrected chi connectivity index (χ1v) is 19.3. The third kappa shape index (κ3) is 6.99. The molecule has 0 aliphatic heterocycles. The first kappa shape index (κ1) is 29.2. The van der Waals surface area contributed by atoms with E-state index in [2.05, 4.69) is 36.4 Å². The molecule has 4 heteroatoms. The lowest BCUT2D eigenvalue weighted by Gasteiger charge is -2.18. The van der Waals surface area contributed by atoms with Crippen LogP contribution in [0.5, 0.6) is 5.75 Å². The van der Waals surface area contributed by atoms with E-state index in [4.69, 9.17) is 19.6 Å². The van der Waals surface area contributed by atoms with Crippen molar-refractivity contribution in [3.8, 4) is 78.6 Å². The van der Waals surface area contributed by atoms with Crippen molar-refractivity contribution in [3.63, 3.8) is 0 Å². The molecule has 0 amide bonds. The number of nitrogens with zero attached hydrogens (tertiary/aromatic N) is 3. The second kappa shape index (κ2) is 15.5. The predicted octanol–water partition coefficient (Wildman–Crippen LogP) is 14.4. The third-order valence-corrected chi connectivity index (χ3v) is 10.7. The lowest BCUT2D eigenvalue weighted by Crippen LogP contribution is -2.02. The zero-order valence-electron chi connectivity index (χ0n) is 39.2. The maximum Gasteiger partial charge on any atom is 0.149 e. The summed E-state index contributed by atoms with van der Waals surface area (Å²) in [7, 11) is 0. The van der Waals surface area contributed by atoms with Gasteiger partial charge >= 0.3 is 0 Å². The van der Waals surface area contributed by atoms with Gasteiger partial charge in [0, 0.05) is 32.5 Å². The summed E-state index contributed by atoms with van der Waals surface area (Å²) in [5.74, 6) is -1.98. The average molecular weight is 759 g/mol. The maximum atomic E-state index is 11.4. The zero-order chi connectivity index (χ0) is 45.7. The number of fused-ring (bicyclic) bond motifs is 1. The Morgan fingerprint density at radius 3 is 1.93 bits per heavy atom. The summed E-state index contributed by atoms with van der Waals surface area (Å²) >= 11 is 0. The summed E-state index contributed by atoms with van der Waals surface area (Å²) in [5, 5.41) is 11.4. The minimum atomic E-state index is -2.80. The largest absolute Gasteiger partial charge is 0.507 e. The van der Waals surface area contributed by atoms with Gasteiger partial charge in [-0.15, -0.1) is 0 Å². The number of aromatic nitrogens is 3. The normalized spacial score (nSPS) is 13.9. The number of aromatic hydroxyl groups is 1. The highest BCUT2D eigenvalue weighted by Crippen LogP contribution is 2.42. The fourth-order valence-corrected chi connectivity index (χ4v) is 7.69. The van der Waals surface area contributed by atoms with Crippen molar-refractivity contribution in [1.82, 2.24) is 14.5 Å². The second-order valence-electron chi connectivity index (χ2n) is 14.7. The Labute approximate surface area is 350 Å². The Morgan fingerprint density at radius 2 is 1.19 bits per heavy atom. The molecule has 0 saturated heterocycles. The highest BCUT2D eigenvalue weighted by molar-refractivity contribution is 5.98. The van der Waals surface area contributed by atoms with E-state index in [0.29, 0.717) is 33.7 Å². The van der Waals surface area contributed by atoms with Crippen molar-refractivity contribution < 1.29 is 14.7 Å². The molecule has 9 rings (SSSR count). The van der Waals surface area contributed by atoms with Crippen LogP contribution in [0.4, 0.5) is 0 Å². The molecule has 0 aliphatic rings. The van der Waals surface area contributed by atoms with E-state index in [1.165, 1.54) is 0 Å². The molecular formula is C54H45N3O. The van der Waals surface area contributed by atoms with E-state index in [1.54, 1.807) is 36.4 Å². The molecular weight excluding hydrogens is 707 g/mol. The minimum absolute atomic E-state index is 0.0192. The van der Waals surface area contributed by atoms with Crippen LogP contribution in [0.15, 0.2) is 182 Å². The van der Waals surface area contributed by atoms with Gasteiger partial charge in [-0.05, 0) is 117 Å². The van der Waals surface area contributed by atoms with Gasteiger partial charge in [-0.3, -0.25) is 9.55 Å². The van der Waals surface area contributed by atoms with E-state index in [1.807, 2.05) is 128 Å². The van der Waals surface area contributed by atoms with E-state index < -0.39 is 25.5 Å². The van der Waals surface area contributed by atoms with Crippen molar-refractivity contribution >= 4 is 11.0 Å².